The second kappa shape index (κ2) is 5.90. The number of non-ortho nitro benzene ring substituents is 1. The molecule has 0 unspecified atom stereocenters. The standard InChI is InChI=1S/C16H18N4O2S/c21-20(22)14-3-1-12(2-4-14)16-17-11-15(23-16)19-10-9-18-7-5-13(19)6-8-18/h1-4,11,13H,5-10H2. The summed E-state index contributed by atoms with van der Waals surface area (Å²) >= 11 is 1.68. The predicted octanol–water partition coefficient (Wildman–Crippen LogP) is 3.00. The Balaban J connectivity index is 1.57. The summed E-state index contributed by atoms with van der Waals surface area (Å²) in [6.45, 7) is 4.60. The van der Waals surface area contributed by atoms with Crippen molar-refractivity contribution >= 4 is 22.0 Å². The van der Waals surface area contributed by atoms with Crippen LogP contribution in [0.3, 0.4) is 0 Å². The van der Waals surface area contributed by atoms with Gasteiger partial charge in [0, 0.05) is 49.9 Å². The molecular formula is C16H18N4O2S. The average Bonchev–Trinajstić information content (AvgIpc) is 2.87. The SMILES string of the molecule is O=[N+]([O-])c1ccc(-c2ncc(N3CCN4CCC3CC4)s2)cc1. The van der Waals surface area contributed by atoms with Crippen molar-refractivity contribution in [1.29, 1.82) is 0 Å². The number of hydrogen-bond donors (Lipinski definition) is 0. The van der Waals surface area contributed by atoms with Crippen molar-refractivity contribution in [2.75, 3.05) is 31.1 Å². The number of rotatable bonds is 3. The highest BCUT2D eigenvalue weighted by molar-refractivity contribution is 7.18. The van der Waals surface area contributed by atoms with E-state index < -0.39 is 0 Å². The largest absolute Gasteiger partial charge is 0.358 e. The Hall–Kier alpha value is -1.99. The first kappa shape index (κ1) is 14.6. The highest BCUT2D eigenvalue weighted by Crippen LogP contribution is 2.35. The zero-order valence-electron chi connectivity index (χ0n) is 12.7. The van der Waals surface area contributed by atoms with Crippen molar-refractivity contribution in [2.45, 2.75) is 18.9 Å². The van der Waals surface area contributed by atoms with Crippen LogP contribution in [-0.4, -0.2) is 47.0 Å². The third-order valence-electron chi connectivity index (χ3n) is 4.76. The number of nitrogens with zero attached hydrogens (tertiary/aromatic N) is 4. The molecular weight excluding hydrogens is 312 g/mol. The number of nitro benzene ring substituents is 1. The number of benzene rings is 1. The summed E-state index contributed by atoms with van der Waals surface area (Å²) in [5.74, 6) is 0. The quantitative estimate of drug-likeness (QED) is 0.639. The van der Waals surface area contributed by atoms with Gasteiger partial charge in [-0.15, -0.1) is 0 Å². The van der Waals surface area contributed by atoms with E-state index in [0.717, 1.165) is 23.7 Å². The first-order chi connectivity index (χ1) is 11.2. The van der Waals surface area contributed by atoms with Crippen LogP contribution < -0.4 is 4.90 Å². The first-order valence-corrected chi connectivity index (χ1v) is 8.72. The topological polar surface area (TPSA) is 62.5 Å². The molecule has 3 saturated heterocycles. The summed E-state index contributed by atoms with van der Waals surface area (Å²) in [7, 11) is 0. The van der Waals surface area contributed by atoms with Gasteiger partial charge in [-0.2, -0.15) is 0 Å². The maximum absolute atomic E-state index is 10.7. The van der Waals surface area contributed by atoms with Crippen LogP contribution in [0, 0.1) is 10.1 Å². The summed E-state index contributed by atoms with van der Waals surface area (Å²) in [6, 6.07) is 7.26. The van der Waals surface area contributed by atoms with Gasteiger partial charge in [0.15, 0.2) is 0 Å². The van der Waals surface area contributed by atoms with E-state index in [1.54, 1.807) is 23.5 Å². The number of fused-ring (bicyclic) bond motifs is 4. The molecule has 2 aromatic rings. The molecule has 7 heteroatoms. The van der Waals surface area contributed by atoms with Crippen molar-refractivity contribution in [3.8, 4) is 10.6 Å². The fraction of sp³-hybridized carbons (Fsp3) is 0.438. The van der Waals surface area contributed by atoms with Crippen molar-refractivity contribution in [2.24, 2.45) is 0 Å². The highest BCUT2D eigenvalue weighted by Gasteiger charge is 2.30. The Morgan fingerprint density at radius 2 is 1.87 bits per heavy atom. The lowest BCUT2D eigenvalue weighted by atomic mass is 10.1. The minimum atomic E-state index is -0.375. The van der Waals surface area contributed by atoms with Crippen molar-refractivity contribution in [1.82, 2.24) is 9.88 Å². The van der Waals surface area contributed by atoms with Crippen LogP contribution in [0.1, 0.15) is 12.8 Å². The van der Waals surface area contributed by atoms with Crippen LogP contribution in [0.5, 0.6) is 0 Å². The lowest BCUT2D eigenvalue weighted by molar-refractivity contribution is -0.384. The normalized spacial score (nSPS) is 23.7. The Bertz CT molecular complexity index is 707. The smallest absolute Gasteiger partial charge is 0.269 e. The number of thiazole rings is 1. The van der Waals surface area contributed by atoms with Crippen LogP contribution in [0.2, 0.25) is 0 Å². The van der Waals surface area contributed by atoms with E-state index in [2.05, 4.69) is 14.8 Å². The molecule has 120 valence electrons. The van der Waals surface area contributed by atoms with Crippen LogP contribution in [0.15, 0.2) is 30.5 Å². The fourth-order valence-corrected chi connectivity index (χ4v) is 4.45. The maximum Gasteiger partial charge on any atom is 0.269 e. The fourth-order valence-electron chi connectivity index (χ4n) is 3.43. The molecule has 0 amide bonds. The molecule has 5 rings (SSSR count). The molecule has 0 radical (unpaired) electrons. The highest BCUT2D eigenvalue weighted by atomic mass is 32.1. The number of nitro groups is 1. The second-order valence-corrected chi connectivity index (χ2v) is 7.08. The zero-order valence-corrected chi connectivity index (χ0v) is 13.5. The molecule has 0 saturated carbocycles. The zero-order chi connectivity index (χ0) is 15.8. The van der Waals surface area contributed by atoms with E-state index in [0.29, 0.717) is 6.04 Å². The number of aromatic nitrogens is 1. The van der Waals surface area contributed by atoms with Crippen LogP contribution in [0.4, 0.5) is 10.7 Å². The molecule has 3 fully saturated rings. The number of piperidine rings is 1. The van der Waals surface area contributed by atoms with Gasteiger partial charge in [-0.25, -0.2) is 4.98 Å². The van der Waals surface area contributed by atoms with Gasteiger partial charge in [0.25, 0.3) is 5.69 Å². The molecule has 0 N–H and O–H groups in total. The third-order valence-corrected chi connectivity index (χ3v) is 5.84. The predicted molar refractivity (Wildman–Crippen MR) is 91.0 cm³/mol. The molecule has 4 heterocycles. The average molecular weight is 330 g/mol. The molecule has 1 aromatic heterocycles. The van der Waals surface area contributed by atoms with E-state index in [1.807, 2.05) is 6.20 Å². The van der Waals surface area contributed by atoms with Crippen LogP contribution in [-0.2, 0) is 0 Å². The minimum Gasteiger partial charge on any atom is -0.358 e. The second-order valence-electron chi connectivity index (χ2n) is 6.07. The van der Waals surface area contributed by atoms with Crippen LogP contribution in [0.25, 0.3) is 10.6 Å². The third kappa shape index (κ3) is 2.82. The summed E-state index contributed by atoms with van der Waals surface area (Å²) in [5.41, 5.74) is 1.05. The molecule has 0 atom stereocenters. The van der Waals surface area contributed by atoms with Gasteiger partial charge in [0.05, 0.1) is 11.1 Å². The molecule has 2 bridgehead atoms. The first-order valence-electron chi connectivity index (χ1n) is 7.90. The molecule has 0 spiro atoms. The van der Waals surface area contributed by atoms with Gasteiger partial charge in [-0.3, -0.25) is 10.1 Å². The molecule has 0 aliphatic carbocycles. The van der Waals surface area contributed by atoms with Gasteiger partial charge in [-0.1, -0.05) is 11.3 Å². The van der Waals surface area contributed by atoms with Crippen molar-refractivity contribution in [3.05, 3.63) is 40.6 Å². The summed E-state index contributed by atoms with van der Waals surface area (Å²) < 4.78 is 0. The molecule has 3 aliphatic heterocycles. The van der Waals surface area contributed by atoms with E-state index in [1.165, 1.54) is 43.1 Å². The maximum atomic E-state index is 10.7. The van der Waals surface area contributed by atoms with Gasteiger partial charge in [0.1, 0.15) is 10.0 Å². The van der Waals surface area contributed by atoms with E-state index >= 15 is 0 Å². The summed E-state index contributed by atoms with van der Waals surface area (Å²) in [4.78, 5) is 20.0. The Kier molecular flexibility index (Phi) is 3.74. The van der Waals surface area contributed by atoms with Gasteiger partial charge >= 0.3 is 0 Å². The van der Waals surface area contributed by atoms with E-state index in [-0.39, 0.29) is 10.6 Å². The lowest BCUT2D eigenvalue weighted by Crippen LogP contribution is -2.37. The van der Waals surface area contributed by atoms with Crippen LogP contribution >= 0.6 is 11.3 Å². The van der Waals surface area contributed by atoms with Gasteiger partial charge in [0.2, 0.25) is 0 Å². The number of anilines is 1. The monoisotopic (exact) mass is 330 g/mol. The van der Waals surface area contributed by atoms with Gasteiger partial charge < -0.3 is 9.80 Å². The Morgan fingerprint density at radius 1 is 1.13 bits per heavy atom. The Labute approximate surface area is 138 Å². The summed E-state index contributed by atoms with van der Waals surface area (Å²) in [6.07, 6.45) is 4.41. The number of hydrogen-bond acceptors (Lipinski definition) is 6. The summed E-state index contributed by atoms with van der Waals surface area (Å²) in [5, 5.41) is 12.9. The van der Waals surface area contributed by atoms with Crippen molar-refractivity contribution in [3.63, 3.8) is 0 Å². The lowest BCUT2D eigenvalue weighted by Gasteiger charge is -2.31. The molecule has 6 nitrogen and oxygen atoms in total. The molecule has 1 aromatic carbocycles. The van der Waals surface area contributed by atoms with Crippen molar-refractivity contribution < 1.29 is 4.92 Å². The van der Waals surface area contributed by atoms with E-state index in [9.17, 15) is 10.1 Å². The van der Waals surface area contributed by atoms with Gasteiger partial charge in [-0.05, 0) is 25.0 Å². The molecule has 23 heavy (non-hydrogen) atoms. The Morgan fingerprint density at radius 3 is 2.57 bits per heavy atom. The minimum absolute atomic E-state index is 0.115. The molecule has 3 aliphatic rings. The van der Waals surface area contributed by atoms with E-state index in [4.69, 9.17) is 0 Å².